The molecule has 0 aromatic rings. The topological polar surface area (TPSA) is 72.4 Å². The van der Waals surface area contributed by atoms with Gasteiger partial charge in [-0.3, -0.25) is 0 Å². The van der Waals surface area contributed by atoms with Crippen molar-refractivity contribution in [2.75, 3.05) is 0 Å². The van der Waals surface area contributed by atoms with Gasteiger partial charge < -0.3 is 18.9 Å². The molecule has 0 bridgehead atoms. The van der Waals surface area contributed by atoms with E-state index in [1.54, 1.807) is 0 Å². The zero-order valence-corrected chi connectivity index (χ0v) is 8.15. The Kier molecular flexibility index (Phi) is 4.26. The molecule has 0 aromatic carbocycles. The molecule has 0 saturated carbocycles. The van der Waals surface area contributed by atoms with Gasteiger partial charge in [-0.15, -0.1) is 0 Å². The quantitative estimate of drug-likeness (QED) is 0.551. The molecule has 0 spiro atoms. The molecule has 1 unspecified atom stereocenters. The third-order valence-corrected chi connectivity index (χ3v) is 1.92. The minimum Gasteiger partial charge on any atom is -0.790 e. The molecular formula is C5H6F5O4P-2. The predicted molar refractivity (Wildman–Crippen MR) is 33.8 cm³/mol. The van der Waals surface area contributed by atoms with Gasteiger partial charge in [-0.2, -0.15) is 22.0 Å². The molecule has 0 fully saturated rings. The van der Waals surface area contributed by atoms with Crippen LogP contribution in [-0.4, -0.2) is 18.2 Å². The van der Waals surface area contributed by atoms with Crippen molar-refractivity contribution in [1.82, 2.24) is 0 Å². The highest BCUT2D eigenvalue weighted by Gasteiger charge is 2.62. The number of rotatable bonds is 4. The van der Waals surface area contributed by atoms with E-state index in [-0.39, 0.29) is 0 Å². The van der Waals surface area contributed by atoms with Gasteiger partial charge in [0.1, 0.15) is 6.10 Å². The minimum absolute atomic E-state index is 0.833. The van der Waals surface area contributed by atoms with Gasteiger partial charge >= 0.3 is 12.1 Å². The van der Waals surface area contributed by atoms with E-state index in [2.05, 4.69) is 4.52 Å². The second kappa shape index (κ2) is 4.32. The first-order valence-corrected chi connectivity index (χ1v) is 5.03. The molecule has 0 aromatic heterocycles. The van der Waals surface area contributed by atoms with Crippen LogP contribution < -0.4 is 9.79 Å². The smallest absolute Gasteiger partial charge is 0.456 e. The lowest BCUT2D eigenvalue weighted by Crippen LogP contribution is -2.48. The number of alkyl halides is 5. The van der Waals surface area contributed by atoms with Crippen molar-refractivity contribution in [3.8, 4) is 0 Å². The van der Waals surface area contributed by atoms with Crippen LogP contribution in [0.5, 0.6) is 0 Å². The maximum atomic E-state index is 12.5. The third-order valence-electron chi connectivity index (χ3n) is 1.41. The summed E-state index contributed by atoms with van der Waals surface area (Å²) < 4.78 is 73.2. The summed E-state index contributed by atoms with van der Waals surface area (Å²) in [6, 6.07) is 0. The average molecular weight is 256 g/mol. The van der Waals surface area contributed by atoms with E-state index in [0.717, 1.165) is 6.92 Å². The first-order valence-electron chi connectivity index (χ1n) is 3.56. The number of halogens is 5. The largest absolute Gasteiger partial charge is 0.790 e. The van der Waals surface area contributed by atoms with Gasteiger partial charge in [-0.05, 0) is 6.42 Å². The highest BCUT2D eigenvalue weighted by Crippen LogP contribution is 2.44. The SMILES string of the molecule is CCC(OP(=O)([O-])[O-])C(F)(F)C(F)(F)F. The Hall–Kier alpha value is -0.240. The van der Waals surface area contributed by atoms with Gasteiger partial charge in [0.05, 0.1) is 7.82 Å². The molecule has 0 radical (unpaired) electrons. The Bertz CT molecular complexity index is 259. The van der Waals surface area contributed by atoms with E-state index in [9.17, 15) is 36.3 Å². The molecule has 0 N–H and O–H groups in total. The van der Waals surface area contributed by atoms with Gasteiger partial charge in [0.2, 0.25) is 0 Å². The number of phosphoric acid groups is 1. The van der Waals surface area contributed by atoms with E-state index >= 15 is 0 Å². The maximum absolute atomic E-state index is 12.5. The van der Waals surface area contributed by atoms with Crippen LogP contribution in [0.2, 0.25) is 0 Å². The fourth-order valence-corrected chi connectivity index (χ4v) is 1.33. The summed E-state index contributed by atoms with van der Waals surface area (Å²) in [7, 11) is -5.88. The molecular weight excluding hydrogens is 250 g/mol. The molecule has 0 aliphatic carbocycles. The summed E-state index contributed by atoms with van der Waals surface area (Å²) in [5.74, 6) is -5.38. The van der Waals surface area contributed by atoms with E-state index in [1.807, 2.05) is 0 Å². The van der Waals surface area contributed by atoms with Crippen LogP contribution >= 0.6 is 7.82 Å². The van der Waals surface area contributed by atoms with Crippen molar-refractivity contribution in [3.63, 3.8) is 0 Å². The first kappa shape index (κ1) is 14.8. The van der Waals surface area contributed by atoms with E-state index < -0.39 is 32.4 Å². The summed E-state index contributed by atoms with van der Waals surface area (Å²) in [6.07, 6.45) is -9.97. The van der Waals surface area contributed by atoms with E-state index in [0.29, 0.717) is 0 Å². The zero-order valence-electron chi connectivity index (χ0n) is 7.25. The predicted octanol–water partition coefficient (Wildman–Crippen LogP) is 0.808. The summed E-state index contributed by atoms with van der Waals surface area (Å²) in [5.41, 5.74) is 0. The van der Waals surface area contributed by atoms with E-state index in [1.165, 1.54) is 0 Å². The van der Waals surface area contributed by atoms with Crippen LogP contribution in [0.1, 0.15) is 13.3 Å². The summed E-state index contributed by atoms with van der Waals surface area (Å²) in [6.45, 7) is 0.833. The second-order valence-corrected chi connectivity index (χ2v) is 3.68. The lowest BCUT2D eigenvalue weighted by atomic mass is 10.1. The van der Waals surface area contributed by atoms with Gasteiger partial charge in [0, 0.05) is 0 Å². The molecule has 4 nitrogen and oxygen atoms in total. The Morgan fingerprint density at radius 3 is 1.87 bits per heavy atom. The van der Waals surface area contributed by atoms with Crippen LogP contribution in [0.25, 0.3) is 0 Å². The highest BCUT2D eigenvalue weighted by atomic mass is 31.2. The Morgan fingerprint density at radius 1 is 1.27 bits per heavy atom. The van der Waals surface area contributed by atoms with Crippen molar-refractivity contribution >= 4 is 7.82 Å². The van der Waals surface area contributed by atoms with Crippen molar-refractivity contribution in [2.24, 2.45) is 0 Å². The molecule has 15 heavy (non-hydrogen) atoms. The molecule has 0 aliphatic rings. The van der Waals surface area contributed by atoms with Crippen LogP contribution in [0.15, 0.2) is 0 Å². The molecule has 0 heterocycles. The summed E-state index contributed by atoms with van der Waals surface area (Å²) in [5, 5.41) is 0. The summed E-state index contributed by atoms with van der Waals surface area (Å²) >= 11 is 0. The third kappa shape index (κ3) is 4.02. The molecule has 0 amide bonds. The summed E-state index contributed by atoms with van der Waals surface area (Å²) in [4.78, 5) is 19.8. The minimum atomic E-state index is -5.97. The molecule has 1 atom stereocenters. The number of hydrogen-bond donors (Lipinski definition) is 0. The molecule has 0 saturated heterocycles. The fraction of sp³-hybridized carbons (Fsp3) is 1.00. The van der Waals surface area contributed by atoms with Crippen molar-refractivity contribution in [3.05, 3.63) is 0 Å². The standard InChI is InChI=1S/C5H8F5O4P/c1-2-3(14-15(11,12)13)4(6,7)5(8,9)10/h3H,2H2,1H3,(H2,11,12,13)/p-2. The van der Waals surface area contributed by atoms with Gasteiger partial charge in [-0.1, -0.05) is 6.92 Å². The Balaban J connectivity index is 4.90. The average Bonchev–Trinajstić information content (AvgIpc) is 1.95. The highest BCUT2D eigenvalue weighted by molar-refractivity contribution is 7.43. The van der Waals surface area contributed by atoms with Crippen LogP contribution in [-0.2, 0) is 9.09 Å². The Labute approximate surface area is 81.3 Å². The molecule has 92 valence electrons. The fourth-order valence-electron chi connectivity index (χ4n) is 0.735. The van der Waals surface area contributed by atoms with Crippen LogP contribution in [0.4, 0.5) is 22.0 Å². The van der Waals surface area contributed by atoms with Crippen molar-refractivity contribution < 1.29 is 40.8 Å². The molecule has 10 heteroatoms. The molecule has 0 aliphatic heterocycles. The zero-order chi connectivity index (χ0) is 12.5. The molecule has 0 rings (SSSR count). The van der Waals surface area contributed by atoms with Crippen molar-refractivity contribution in [1.29, 1.82) is 0 Å². The lowest BCUT2D eigenvalue weighted by molar-refractivity contribution is -0.363. The number of hydrogen-bond acceptors (Lipinski definition) is 4. The number of phosphoric ester groups is 1. The normalized spacial score (nSPS) is 16.5. The van der Waals surface area contributed by atoms with Crippen LogP contribution in [0, 0.1) is 0 Å². The monoisotopic (exact) mass is 256 g/mol. The van der Waals surface area contributed by atoms with Gasteiger partial charge in [0.25, 0.3) is 0 Å². The van der Waals surface area contributed by atoms with Crippen LogP contribution in [0.3, 0.4) is 0 Å². The van der Waals surface area contributed by atoms with E-state index in [4.69, 9.17) is 0 Å². The van der Waals surface area contributed by atoms with Crippen molar-refractivity contribution in [2.45, 2.75) is 31.5 Å². The van der Waals surface area contributed by atoms with Gasteiger partial charge in [0.15, 0.2) is 0 Å². The van der Waals surface area contributed by atoms with Gasteiger partial charge in [-0.25, -0.2) is 0 Å². The first-order chi connectivity index (χ1) is 6.42. The second-order valence-electron chi connectivity index (χ2n) is 2.57. The maximum Gasteiger partial charge on any atom is 0.456 e. The lowest BCUT2D eigenvalue weighted by Gasteiger charge is -2.36. The Morgan fingerprint density at radius 2 is 1.67 bits per heavy atom.